The SMILES string of the molecule is CN=C(NCCCN1CCCN(C)CC1)N(C)Cc1ncc(-c2ccccc2)[nH]1. The summed E-state index contributed by atoms with van der Waals surface area (Å²) >= 11 is 0. The number of likely N-dealkylation sites (N-methyl/N-ethyl adjacent to an activating group) is 1. The van der Waals surface area contributed by atoms with Crippen LogP contribution in [0.2, 0.25) is 0 Å². The van der Waals surface area contributed by atoms with Gasteiger partial charge in [0.1, 0.15) is 5.82 Å². The van der Waals surface area contributed by atoms with E-state index in [2.05, 4.69) is 54.2 Å². The predicted molar refractivity (Wildman–Crippen MR) is 120 cm³/mol. The van der Waals surface area contributed by atoms with E-state index < -0.39 is 0 Å². The monoisotopic (exact) mass is 397 g/mol. The third-order valence-electron chi connectivity index (χ3n) is 5.42. The quantitative estimate of drug-likeness (QED) is 0.426. The van der Waals surface area contributed by atoms with E-state index in [4.69, 9.17) is 0 Å². The molecule has 7 heteroatoms. The molecule has 7 nitrogen and oxygen atoms in total. The first-order chi connectivity index (χ1) is 14.2. The van der Waals surface area contributed by atoms with Crippen LogP contribution in [0.15, 0.2) is 41.5 Å². The van der Waals surface area contributed by atoms with Crippen molar-refractivity contribution in [1.29, 1.82) is 0 Å². The fraction of sp³-hybridized carbons (Fsp3) is 0.545. The Morgan fingerprint density at radius 3 is 2.83 bits per heavy atom. The topological polar surface area (TPSA) is 62.8 Å². The van der Waals surface area contributed by atoms with Gasteiger partial charge in [-0.05, 0) is 45.1 Å². The van der Waals surface area contributed by atoms with E-state index >= 15 is 0 Å². The van der Waals surface area contributed by atoms with Gasteiger partial charge in [-0.15, -0.1) is 0 Å². The fourth-order valence-electron chi connectivity index (χ4n) is 3.72. The summed E-state index contributed by atoms with van der Waals surface area (Å²) in [7, 11) is 6.10. The Kier molecular flexibility index (Phi) is 8.07. The summed E-state index contributed by atoms with van der Waals surface area (Å²) in [6.45, 7) is 7.52. The van der Waals surface area contributed by atoms with Crippen molar-refractivity contribution in [1.82, 2.24) is 30.0 Å². The van der Waals surface area contributed by atoms with E-state index in [1.54, 1.807) is 0 Å². The number of nitrogens with zero attached hydrogens (tertiary/aromatic N) is 5. The zero-order valence-corrected chi connectivity index (χ0v) is 18.1. The number of imidazole rings is 1. The van der Waals surface area contributed by atoms with Gasteiger partial charge in [0, 0.05) is 33.7 Å². The molecule has 2 aromatic rings. The summed E-state index contributed by atoms with van der Waals surface area (Å²) < 4.78 is 0. The Hall–Kier alpha value is -2.38. The van der Waals surface area contributed by atoms with Crippen LogP contribution < -0.4 is 5.32 Å². The lowest BCUT2D eigenvalue weighted by molar-refractivity contribution is 0.273. The Labute approximate surface area is 174 Å². The molecule has 0 aliphatic carbocycles. The number of aliphatic imine (C=N–C) groups is 1. The van der Waals surface area contributed by atoms with Crippen molar-refractivity contribution < 1.29 is 0 Å². The maximum absolute atomic E-state index is 4.53. The highest BCUT2D eigenvalue weighted by Gasteiger charge is 2.12. The van der Waals surface area contributed by atoms with Gasteiger partial charge >= 0.3 is 0 Å². The van der Waals surface area contributed by atoms with Crippen LogP contribution in [0.25, 0.3) is 11.3 Å². The fourth-order valence-corrected chi connectivity index (χ4v) is 3.72. The molecule has 0 saturated carbocycles. The van der Waals surface area contributed by atoms with Gasteiger partial charge in [-0.3, -0.25) is 4.99 Å². The van der Waals surface area contributed by atoms with Crippen LogP contribution >= 0.6 is 0 Å². The molecule has 0 unspecified atom stereocenters. The number of rotatable bonds is 7. The van der Waals surface area contributed by atoms with Gasteiger partial charge in [0.25, 0.3) is 0 Å². The third-order valence-corrected chi connectivity index (χ3v) is 5.42. The van der Waals surface area contributed by atoms with Gasteiger partial charge in [0.05, 0.1) is 18.4 Å². The number of guanidine groups is 1. The van der Waals surface area contributed by atoms with Crippen molar-refractivity contribution >= 4 is 5.96 Å². The molecular formula is C22H35N7. The van der Waals surface area contributed by atoms with Crippen molar-refractivity contribution in [3.05, 3.63) is 42.4 Å². The normalized spacial score (nSPS) is 16.6. The molecule has 0 radical (unpaired) electrons. The highest BCUT2D eigenvalue weighted by molar-refractivity contribution is 5.79. The van der Waals surface area contributed by atoms with Crippen molar-refractivity contribution in [3.8, 4) is 11.3 Å². The molecule has 1 aliphatic rings. The van der Waals surface area contributed by atoms with E-state index in [1.165, 1.54) is 32.6 Å². The molecule has 2 N–H and O–H groups in total. The molecule has 0 spiro atoms. The summed E-state index contributed by atoms with van der Waals surface area (Å²) in [5, 5.41) is 3.49. The number of H-pyrrole nitrogens is 1. The molecule has 1 fully saturated rings. The second kappa shape index (κ2) is 11.0. The highest BCUT2D eigenvalue weighted by atomic mass is 15.3. The van der Waals surface area contributed by atoms with Crippen LogP contribution in [0.3, 0.4) is 0 Å². The van der Waals surface area contributed by atoms with Crippen molar-refractivity contribution in [3.63, 3.8) is 0 Å². The lowest BCUT2D eigenvalue weighted by Crippen LogP contribution is -2.40. The Morgan fingerprint density at radius 2 is 2.03 bits per heavy atom. The van der Waals surface area contributed by atoms with Gasteiger partial charge in [-0.2, -0.15) is 0 Å². The number of aromatic nitrogens is 2. The summed E-state index contributed by atoms with van der Waals surface area (Å²) in [5.41, 5.74) is 2.19. The molecule has 29 heavy (non-hydrogen) atoms. The number of hydrogen-bond donors (Lipinski definition) is 2. The average molecular weight is 398 g/mol. The molecule has 1 aromatic carbocycles. The standard InChI is InChI=1S/C22H35N7/c1-23-22(24-11-7-13-29-14-8-12-27(2)15-16-29)28(3)18-21-25-17-20(26-21)19-9-5-4-6-10-19/h4-6,9-10,17H,7-8,11-16,18H2,1-3H3,(H,23,24)(H,25,26). The summed E-state index contributed by atoms with van der Waals surface area (Å²) in [6, 6.07) is 10.3. The van der Waals surface area contributed by atoms with E-state index in [9.17, 15) is 0 Å². The zero-order chi connectivity index (χ0) is 20.5. The van der Waals surface area contributed by atoms with E-state index in [0.717, 1.165) is 42.6 Å². The van der Waals surface area contributed by atoms with E-state index in [0.29, 0.717) is 6.54 Å². The van der Waals surface area contributed by atoms with Crippen LogP contribution in [0, 0.1) is 0 Å². The maximum atomic E-state index is 4.53. The van der Waals surface area contributed by atoms with Crippen molar-refractivity contribution in [2.45, 2.75) is 19.4 Å². The van der Waals surface area contributed by atoms with E-state index in [1.807, 2.05) is 38.5 Å². The van der Waals surface area contributed by atoms with E-state index in [-0.39, 0.29) is 0 Å². The van der Waals surface area contributed by atoms with Crippen molar-refractivity contribution in [2.75, 3.05) is 60.4 Å². The first-order valence-corrected chi connectivity index (χ1v) is 10.6. The summed E-state index contributed by atoms with van der Waals surface area (Å²) in [4.78, 5) is 19.5. The maximum Gasteiger partial charge on any atom is 0.193 e. The Balaban J connectivity index is 1.42. The zero-order valence-electron chi connectivity index (χ0n) is 18.1. The Bertz CT molecular complexity index is 756. The van der Waals surface area contributed by atoms with Crippen LogP contribution in [-0.4, -0.2) is 91.0 Å². The van der Waals surface area contributed by atoms with Crippen molar-refractivity contribution in [2.24, 2.45) is 4.99 Å². The number of hydrogen-bond acceptors (Lipinski definition) is 4. The lowest BCUT2D eigenvalue weighted by Gasteiger charge is -2.23. The van der Waals surface area contributed by atoms with Crippen LogP contribution in [-0.2, 0) is 6.54 Å². The minimum atomic E-state index is 0.685. The number of nitrogens with one attached hydrogen (secondary N) is 2. The average Bonchev–Trinajstić information content (AvgIpc) is 3.10. The largest absolute Gasteiger partial charge is 0.356 e. The number of aromatic amines is 1. The molecule has 0 bridgehead atoms. The van der Waals surface area contributed by atoms with Crippen LogP contribution in [0.4, 0.5) is 0 Å². The second-order valence-corrected chi connectivity index (χ2v) is 7.79. The lowest BCUT2D eigenvalue weighted by atomic mass is 10.2. The molecule has 158 valence electrons. The first kappa shape index (κ1) is 21.3. The molecule has 0 amide bonds. The molecule has 3 rings (SSSR count). The number of benzene rings is 1. The smallest absolute Gasteiger partial charge is 0.193 e. The molecule has 2 heterocycles. The predicted octanol–water partition coefficient (Wildman–Crippen LogP) is 2.11. The van der Waals surface area contributed by atoms with Gasteiger partial charge in [-0.25, -0.2) is 4.98 Å². The minimum Gasteiger partial charge on any atom is -0.356 e. The minimum absolute atomic E-state index is 0.685. The summed E-state index contributed by atoms with van der Waals surface area (Å²) in [6.07, 6.45) is 4.28. The third kappa shape index (κ3) is 6.58. The molecule has 0 atom stereocenters. The Morgan fingerprint density at radius 1 is 1.21 bits per heavy atom. The first-order valence-electron chi connectivity index (χ1n) is 10.6. The van der Waals surface area contributed by atoms with Gasteiger partial charge < -0.3 is 25.0 Å². The van der Waals surface area contributed by atoms with Gasteiger partial charge in [0.15, 0.2) is 5.96 Å². The molecule has 1 saturated heterocycles. The summed E-state index contributed by atoms with van der Waals surface area (Å²) in [5.74, 6) is 1.83. The highest BCUT2D eigenvalue weighted by Crippen LogP contribution is 2.16. The molecule has 1 aromatic heterocycles. The van der Waals surface area contributed by atoms with Crippen LogP contribution in [0.5, 0.6) is 0 Å². The second-order valence-electron chi connectivity index (χ2n) is 7.79. The van der Waals surface area contributed by atoms with Gasteiger partial charge in [0.2, 0.25) is 0 Å². The molecular weight excluding hydrogens is 362 g/mol. The molecule has 1 aliphatic heterocycles. The van der Waals surface area contributed by atoms with Gasteiger partial charge in [-0.1, -0.05) is 30.3 Å². The van der Waals surface area contributed by atoms with Crippen LogP contribution in [0.1, 0.15) is 18.7 Å².